The molecule has 5 heteroatoms. The first-order chi connectivity index (χ1) is 12.9. The Hall–Kier alpha value is -2.82. The smallest absolute Gasteiger partial charge is 0.275 e. The topological polar surface area (TPSA) is 70.9 Å². The van der Waals surface area contributed by atoms with Gasteiger partial charge < -0.3 is 9.84 Å². The van der Waals surface area contributed by atoms with Crippen LogP contribution in [0.3, 0.4) is 0 Å². The minimum absolute atomic E-state index is 0.228. The highest BCUT2D eigenvalue weighted by Crippen LogP contribution is 2.39. The summed E-state index contributed by atoms with van der Waals surface area (Å²) >= 11 is 0. The van der Waals surface area contributed by atoms with E-state index in [1.165, 1.54) is 7.11 Å². The summed E-state index contributed by atoms with van der Waals surface area (Å²) in [6, 6.07) is 10.8. The molecule has 0 radical (unpaired) electrons. The normalized spacial score (nSPS) is 12.2. The van der Waals surface area contributed by atoms with Crippen LogP contribution < -0.4 is 10.2 Å². The quantitative estimate of drug-likeness (QED) is 0.592. The van der Waals surface area contributed by atoms with Gasteiger partial charge in [0, 0.05) is 11.1 Å². The van der Waals surface area contributed by atoms with Crippen LogP contribution in [0.4, 0.5) is 0 Å². The van der Waals surface area contributed by atoms with E-state index in [2.05, 4.69) is 52.1 Å². The second-order valence-electron chi connectivity index (χ2n) is 8.86. The van der Waals surface area contributed by atoms with Crippen LogP contribution in [0.1, 0.15) is 68.6 Å². The van der Waals surface area contributed by atoms with Crippen molar-refractivity contribution in [1.82, 2.24) is 5.43 Å². The number of rotatable bonds is 4. The van der Waals surface area contributed by atoms with E-state index in [4.69, 9.17) is 4.74 Å². The number of carbonyl (C=O) groups is 1. The van der Waals surface area contributed by atoms with Crippen LogP contribution in [-0.4, -0.2) is 24.3 Å². The van der Waals surface area contributed by atoms with Crippen molar-refractivity contribution in [3.63, 3.8) is 0 Å². The first-order valence-corrected chi connectivity index (χ1v) is 9.29. The predicted molar refractivity (Wildman–Crippen MR) is 114 cm³/mol. The lowest BCUT2D eigenvalue weighted by Crippen LogP contribution is -2.19. The molecular weight excluding hydrogens is 352 g/mol. The first-order valence-electron chi connectivity index (χ1n) is 9.29. The molecule has 0 heterocycles. The van der Waals surface area contributed by atoms with Gasteiger partial charge in [-0.1, -0.05) is 53.7 Å². The molecule has 0 saturated heterocycles. The third kappa shape index (κ3) is 4.91. The largest absolute Gasteiger partial charge is 0.507 e. The molecule has 2 aromatic rings. The molecule has 0 atom stereocenters. The molecule has 0 fully saturated rings. The SMILES string of the molecule is COc1ccccc1C(=O)N/N=C/c1cc(C(C)(C)C)c(O)c(C(C)(C)C)c1. The Kier molecular flexibility index (Phi) is 6.17. The average molecular weight is 383 g/mol. The number of hydrazone groups is 1. The van der Waals surface area contributed by atoms with Crippen LogP contribution in [0.2, 0.25) is 0 Å². The molecule has 0 aromatic heterocycles. The van der Waals surface area contributed by atoms with Gasteiger partial charge in [-0.25, -0.2) is 5.43 Å². The Bertz CT molecular complexity index is 852. The molecule has 0 saturated carbocycles. The van der Waals surface area contributed by atoms with E-state index in [0.29, 0.717) is 17.1 Å². The van der Waals surface area contributed by atoms with E-state index in [1.54, 1.807) is 30.5 Å². The van der Waals surface area contributed by atoms with Crippen molar-refractivity contribution in [2.45, 2.75) is 52.4 Å². The van der Waals surface area contributed by atoms with Gasteiger partial charge in [-0.2, -0.15) is 5.10 Å². The van der Waals surface area contributed by atoms with Crippen molar-refractivity contribution in [3.05, 3.63) is 58.7 Å². The number of hydrogen-bond acceptors (Lipinski definition) is 4. The van der Waals surface area contributed by atoms with Gasteiger partial charge in [-0.15, -0.1) is 0 Å². The number of nitrogens with zero attached hydrogens (tertiary/aromatic N) is 1. The summed E-state index contributed by atoms with van der Waals surface area (Å²) in [7, 11) is 1.52. The number of phenols is 1. The highest BCUT2D eigenvalue weighted by Gasteiger charge is 2.26. The second kappa shape index (κ2) is 8.05. The summed E-state index contributed by atoms with van der Waals surface area (Å²) in [5.41, 5.74) is 5.00. The Morgan fingerprint density at radius 1 is 1.04 bits per heavy atom. The molecule has 1 amide bonds. The maximum Gasteiger partial charge on any atom is 0.275 e. The molecule has 150 valence electrons. The van der Waals surface area contributed by atoms with E-state index in [1.807, 2.05) is 12.1 Å². The van der Waals surface area contributed by atoms with E-state index < -0.39 is 0 Å². The number of aromatic hydroxyl groups is 1. The molecule has 2 N–H and O–H groups in total. The van der Waals surface area contributed by atoms with Gasteiger partial charge in [0.05, 0.1) is 18.9 Å². The third-order valence-electron chi connectivity index (χ3n) is 4.48. The standard InChI is InChI=1S/C23H30N2O3/c1-22(2,3)17-12-15(13-18(20(17)26)23(4,5)6)14-24-25-21(27)16-10-8-9-11-19(16)28-7/h8-14,26H,1-7H3,(H,25,27)/b24-14+. The van der Waals surface area contributed by atoms with Crippen molar-refractivity contribution in [1.29, 1.82) is 0 Å². The zero-order valence-electron chi connectivity index (χ0n) is 17.8. The van der Waals surface area contributed by atoms with Gasteiger partial charge in [0.15, 0.2) is 0 Å². The number of amides is 1. The first kappa shape index (κ1) is 21.5. The van der Waals surface area contributed by atoms with Crippen LogP contribution >= 0.6 is 0 Å². The van der Waals surface area contributed by atoms with Gasteiger partial charge in [-0.3, -0.25) is 4.79 Å². The molecule has 0 aliphatic carbocycles. The van der Waals surface area contributed by atoms with Crippen molar-refractivity contribution in [2.24, 2.45) is 5.10 Å². The summed E-state index contributed by atoms with van der Waals surface area (Å²) in [4.78, 5) is 12.4. The fourth-order valence-electron chi connectivity index (χ4n) is 2.93. The molecule has 0 aliphatic heterocycles. The number of ether oxygens (including phenoxy) is 1. The van der Waals surface area contributed by atoms with Crippen LogP contribution in [0, 0.1) is 0 Å². The fraction of sp³-hybridized carbons (Fsp3) is 0.391. The number of benzene rings is 2. The number of para-hydroxylation sites is 1. The van der Waals surface area contributed by atoms with Crippen LogP contribution in [0.5, 0.6) is 11.5 Å². The summed E-state index contributed by atoms with van der Waals surface area (Å²) < 4.78 is 5.21. The van der Waals surface area contributed by atoms with Gasteiger partial charge in [0.2, 0.25) is 0 Å². The lowest BCUT2D eigenvalue weighted by Gasteiger charge is -2.27. The molecular formula is C23H30N2O3. The average Bonchev–Trinajstić information content (AvgIpc) is 2.60. The van der Waals surface area contributed by atoms with Gasteiger partial charge in [0.1, 0.15) is 11.5 Å². The number of phenolic OH excluding ortho intramolecular Hbond substituents is 1. The van der Waals surface area contributed by atoms with Crippen molar-refractivity contribution < 1.29 is 14.6 Å². The molecule has 0 unspecified atom stereocenters. The number of carbonyl (C=O) groups excluding carboxylic acids is 1. The highest BCUT2D eigenvalue weighted by molar-refractivity contribution is 5.97. The minimum atomic E-state index is -0.348. The minimum Gasteiger partial charge on any atom is -0.507 e. The maximum absolute atomic E-state index is 12.4. The third-order valence-corrected chi connectivity index (χ3v) is 4.48. The maximum atomic E-state index is 12.4. The van der Waals surface area contributed by atoms with E-state index in [0.717, 1.165) is 16.7 Å². The highest BCUT2D eigenvalue weighted by atomic mass is 16.5. The predicted octanol–water partition coefficient (Wildman–Crippen LogP) is 4.76. The Labute approximate surface area is 167 Å². The zero-order chi connectivity index (χ0) is 21.1. The molecule has 0 aliphatic rings. The summed E-state index contributed by atoms with van der Waals surface area (Å²) in [5, 5.41) is 14.9. The molecule has 2 rings (SSSR count). The van der Waals surface area contributed by atoms with Gasteiger partial charge in [0.25, 0.3) is 5.91 Å². The fourth-order valence-corrected chi connectivity index (χ4v) is 2.93. The van der Waals surface area contributed by atoms with Crippen molar-refractivity contribution in [3.8, 4) is 11.5 Å². The van der Waals surface area contributed by atoms with Crippen LogP contribution in [-0.2, 0) is 10.8 Å². The summed E-state index contributed by atoms with van der Waals surface area (Å²) in [6.07, 6.45) is 1.59. The molecule has 28 heavy (non-hydrogen) atoms. The second-order valence-corrected chi connectivity index (χ2v) is 8.86. The molecule has 5 nitrogen and oxygen atoms in total. The molecule has 0 spiro atoms. The number of hydrogen-bond donors (Lipinski definition) is 2. The van der Waals surface area contributed by atoms with Gasteiger partial charge >= 0.3 is 0 Å². The monoisotopic (exact) mass is 382 g/mol. The van der Waals surface area contributed by atoms with E-state index in [-0.39, 0.29) is 16.7 Å². The van der Waals surface area contributed by atoms with Crippen molar-refractivity contribution in [2.75, 3.05) is 7.11 Å². The number of nitrogens with one attached hydrogen (secondary N) is 1. The summed E-state index contributed by atoms with van der Waals surface area (Å²) in [6.45, 7) is 12.3. The van der Waals surface area contributed by atoms with E-state index in [9.17, 15) is 9.90 Å². The Morgan fingerprint density at radius 3 is 2.07 bits per heavy atom. The van der Waals surface area contributed by atoms with Crippen LogP contribution in [0.15, 0.2) is 41.5 Å². The number of methoxy groups -OCH3 is 1. The lowest BCUT2D eigenvalue weighted by atomic mass is 9.78. The summed E-state index contributed by atoms with van der Waals surface area (Å²) in [5.74, 6) is 0.458. The van der Waals surface area contributed by atoms with Gasteiger partial charge in [-0.05, 0) is 40.7 Å². The zero-order valence-corrected chi connectivity index (χ0v) is 17.8. The molecule has 0 bridgehead atoms. The Morgan fingerprint density at radius 2 is 1.57 bits per heavy atom. The lowest BCUT2D eigenvalue weighted by molar-refractivity contribution is 0.0952. The Balaban J connectivity index is 2.34. The molecule has 2 aromatic carbocycles. The van der Waals surface area contributed by atoms with E-state index >= 15 is 0 Å². The van der Waals surface area contributed by atoms with Crippen molar-refractivity contribution >= 4 is 12.1 Å². The van der Waals surface area contributed by atoms with Crippen LogP contribution in [0.25, 0.3) is 0 Å².